The van der Waals surface area contributed by atoms with Crippen LogP contribution in [0, 0.1) is 0 Å². The minimum atomic E-state index is -1.18. The summed E-state index contributed by atoms with van der Waals surface area (Å²) in [6, 6.07) is 2.71. The summed E-state index contributed by atoms with van der Waals surface area (Å²) >= 11 is 0. The van der Waals surface area contributed by atoms with Crippen molar-refractivity contribution in [3.8, 4) is 0 Å². The van der Waals surface area contributed by atoms with E-state index in [-0.39, 0.29) is 0 Å². The van der Waals surface area contributed by atoms with Crippen LogP contribution in [0.4, 0.5) is 4.79 Å². The van der Waals surface area contributed by atoms with Crippen molar-refractivity contribution in [1.82, 2.24) is 10.3 Å². The molecule has 0 spiro atoms. The van der Waals surface area contributed by atoms with Crippen LogP contribution in [0.3, 0.4) is 0 Å². The average molecular weight is 210 g/mol. The lowest BCUT2D eigenvalue weighted by atomic mass is 9.93. The normalized spacial score (nSPS) is 13.3. The van der Waals surface area contributed by atoms with Crippen molar-refractivity contribution in [1.29, 1.82) is 0 Å². The molecule has 5 heteroatoms. The minimum Gasteiger partial charge on any atom is -0.465 e. The largest absolute Gasteiger partial charge is 0.465 e. The van der Waals surface area contributed by atoms with Gasteiger partial charge in [-0.1, -0.05) is 6.07 Å². The highest BCUT2D eigenvalue weighted by Gasteiger charge is 2.29. The lowest BCUT2D eigenvalue weighted by molar-refractivity contribution is 0.0371. The highest BCUT2D eigenvalue weighted by Crippen LogP contribution is 2.24. The van der Waals surface area contributed by atoms with Crippen LogP contribution in [0.15, 0.2) is 24.5 Å². The number of amides is 1. The van der Waals surface area contributed by atoms with Crippen molar-refractivity contribution in [3.63, 3.8) is 0 Å². The molecule has 0 fully saturated rings. The quantitative estimate of drug-likeness (QED) is 0.699. The van der Waals surface area contributed by atoms with Crippen LogP contribution in [0.5, 0.6) is 0 Å². The van der Waals surface area contributed by atoms with Crippen molar-refractivity contribution >= 4 is 6.09 Å². The molecule has 0 bridgehead atoms. The monoisotopic (exact) mass is 210 g/mol. The molecule has 0 radical (unpaired) electrons. The van der Waals surface area contributed by atoms with Gasteiger partial charge in [-0.25, -0.2) is 4.79 Å². The fourth-order valence-corrected chi connectivity index (χ4v) is 1.34. The summed E-state index contributed by atoms with van der Waals surface area (Å²) in [5.41, 5.74) is -0.547. The zero-order valence-electron chi connectivity index (χ0n) is 8.64. The molecule has 1 atom stereocenters. The van der Waals surface area contributed by atoms with E-state index in [4.69, 9.17) is 5.11 Å². The van der Waals surface area contributed by atoms with Crippen LogP contribution in [-0.2, 0) is 0 Å². The van der Waals surface area contributed by atoms with E-state index >= 15 is 0 Å². The first kappa shape index (κ1) is 11.5. The zero-order chi connectivity index (χ0) is 11.5. The first-order valence-electron chi connectivity index (χ1n) is 4.53. The van der Waals surface area contributed by atoms with Crippen LogP contribution in [0.25, 0.3) is 0 Å². The maximum atomic E-state index is 10.6. The number of pyridine rings is 1. The number of nitrogens with one attached hydrogen (secondary N) is 1. The summed E-state index contributed by atoms with van der Waals surface area (Å²) in [6.45, 7) is 3.08. The number of hydrogen-bond acceptors (Lipinski definition) is 3. The topological polar surface area (TPSA) is 82.5 Å². The fourth-order valence-electron chi connectivity index (χ4n) is 1.34. The summed E-state index contributed by atoms with van der Waals surface area (Å²) in [5.74, 6) is 0. The SMILES string of the molecule is CC(C)(O)C(NC(=O)O)c1cccnc1. The Labute approximate surface area is 87.8 Å². The molecule has 1 aromatic rings. The van der Waals surface area contributed by atoms with Crippen LogP contribution in [0.2, 0.25) is 0 Å². The summed E-state index contributed by atoms with van der Waals surface area (Å²) in [6.07, 6.45) is 1.94. The van der Waals surface area contributed by atoms with Crippen molar-refractivity contribution < 1.29 is 15.0 Å². The number of aliphatic hydroxyl groups is 1. The number of carbonyl (C=O) groups is 1. The predicted octanol–water partition coefficient (Wildman–Crippen LogP) is 1.16. The lowest BCUT2D eigenvalue weighted by Crippen LogP contribution is -2.41. The molecular weight excluding hydrogens is 196 g/mol. The molecule has 0 aliphatic carbocycles. The van der Waals surface area contributed by atoms with Crippen molar-refractivity contribution in [3.05, 3.63) is 30.1 Å². The molecule has 3 N–H and O–H groups in total. The second kappa shape index (κ2) is 4.27. The van der Waals surface area contributed by atoms with Gasteiger partial charge in [0.1, 0.15) is 0 Å². The molecule has 1 rings (SSSR count). The average Bonchev–Trinajstić information content (AvgIpc) is 2.14. The number of rotatable bonds is 3. The molecule has 0 aliphatic rings. The number of aromatic nitrogens is 1. The smallest absolute Gasteiger partial charge is 0.405 e. The van der Waals surface area contributed by atoms with Gasteiger partial charge in [-0.3, -0.25) is 4.98 Å². The van der Waals surface area contributed by atoms with Gasteiger partial charge in [0.2, 0.25) is 0 Å². The van der Waals surface area contributed by atoms with E-state index in [1.54, 1.807) is 32.2 Å². The Morgan fingerprint density at radius 2 is 2.27 bits per heavy atom. The maximum Gasteiger partial charge on any atom is 0.405 e. The third-order valence-corrected chi connectivity index (χ3v) is 1.99. The Hall–Kier alpha value is -1.62. The third kappa shape index (κ3) is 3.21. The first-order valence-corrected chi connectivity index (χ1v) is 4.53. The highest BCUT2D eigenvalue weighted by molar-refractivity contribution is 5.65. The van der Waals surface area contributed by atoms with Gasteiger partial charge in [-0.15, -0.1) is 0 Å². The Morgan fingerprint density at radius 3 is 2.67 bits per heavy atom. The summed E-state index contributed by atoms with van der Waals surface area (Å²) in [5, 5.41) is 20.8. The van der Waals surface area contributed by atoms with Crippen molar-refractivity contribution in [2.75, 3.05) is 0 Å². The van der Waals surface area contributed by atoms with Gasteiger partial charge in [0, 0.05) is 12.4 Å². The number of nitrogens with zero attached hydrogens (tertiary/aromatic N) is 1. The van der Waals surface area contributed by atoms with Crippen LogP contribution in [-0.4, -0.2) is 26.9 Å². The van der Waals surface area contributed by atoms with Crippen molar-refractivity contribution in [2.24, 2.45) is 0 Å². The molecule has 1 aromatic heterocycles. The molecule has 15 heavy (non-hydrogen) atoms. The Balaban J connectivity index is 2.97. The van der Waals surface area contributed by atoms with Gasteiger partial charge in [0.25, 0.3) is 0 Å². The summed E-state index contributed by atoms with van der Waals surface area (Å²) in [4.78, 5) is 14.5. The van der Waals surface area contributed by atoms with Gasteiger partial charge >= 0.3 is 6.09 Å². The molecular formula is C10H14N2O3. The van der Waals surface area contributed by atoms with Gasteiger partial charge < -0.3 is 15.5 Å². The Bertz CT molecular complexity index is 332. The maximum absolute atomic E-state index is 10.6. The Morgan fingerprint density at radius 1 is 1.60 bits per heavy atom. The molecule has 1 unspecified atom stereocenters. The van der Waals surface area contributed by atoms with E-state index < -0.39 is 17.7 Å². The van der Waals surface area contributed by atoms with Crippen molar-refractivity contribution in [2.45, 2.75) is 25.5 Å². The molecule has 1 amide bonds. The van der Waals surface area contributed by atoms with E-state index in [0.717, 1.165) is 0 Å². The molecule has 0 aliphatic heterocycles. The third-order valence-electron chi connectivity index (χ3n) is 1.99. The zero-order valence-corrected chi connectivity index (χ0v) is 8.64. The van der Waals surface area contributed by atoms with Gasteiger partial charge in [-0.2, -0.15) is 0 Å². The highest BCUT2D eigenvalue weighted by atomic mass is 16.4. The predicted molar refractivity (Wildman–Crippen MR) is 54.4 cm³/mol. The van der Waals surface area contributed by atoms with Gasteiger partial charge in [0.15, 0.2) is 0 Å². The molecule has 0 aromatic carbocycles. The second-order valence-electron chi connectivity index (χ2n) is 3.82. The molecule has 0 saturated carbocycles. The van der Waals surface area contributed by atoms with E-state index in [9.17, 15) is 9.90 Å². The molecule has 0 saturated heterocycles. The fraction of sp³-hybridized carbons (Fsp3) is 0.400. The van der Waals surface area contributed by atoms with E-state index in [0.29, 0.717) is 5.56 Å². The van der Waals surface area contributed by atoms with Crippen LogP contribution >= 0.6 is 0 Å². The van der Waals surface area contributed by atoms with Gasteiger partial charge in [-0.05, 0) is 25.5 Å². The Kier molecular flexibility index (Phi) is 3.26. The van der Waals surface area contributed by atoms with Crippen LogP contribution in [0.1, 0.15) is 25.5 Å². The number of carboxylic acid groups (broad SMARTS) is 1. The second-order valence-corrected chi connectivity index (χ2v) is 3.82. The molecule has 5 nitrogen and oxygen atoms in total. The summed E-state index contributed by atoms with van der Waals surface area (Å²) < 4.78 is 0. The minimum absolute atomic E-state index is 0.632. The van der Waals surface area contributed by atoms with E-state index in [2.05, 4.69) is 10.3 Å². The van der Waals surface area contributed by atoms with E-state index in [1.807, 2.05) is 0 Å². The van der Waals surface area contributed by atoms with Gasteiger partial charge in [0.05, 0.1) is 11.6 Å². The van der Waals surface area contributed by atoms with E-state index in [1.165, 1.54) is 6.20 Å². The number of hydrogen-bond donors (Lipinski definition) is 3. The standard InChI is InChI=1S/C10H14N2O3/c1-10(2,15)8(12-9(13)14)7-4-3-5-11-6-7/h3-6,8,12,15H,1-2H3,(H,13,14). The first-order chi connectivity index (χ1) is 6.91. The van der Waals surface area contributed by atoms with Crippen LogP contribution < -0.4 is 5.32 Å². The lowest BCUT2D eigenvalue weighted by Gasteiger charge is -2.29. The summed E-state index contributed by atoms with van der Waals surface area (Å²) in [7, 11) is 0. The molecule has 82 valence electrons. The molecule has 1 heterocycles.